The van der Waals surface area contributed by atoms with Gasteiger partial charge in [-0.25, -0.2) is 0 Å². The van der Waals surface area contributed by atoms with Crippen molar-refractivity contribution in [3.8, 4) is 0 Å². The Labute approximate surface area is 85.9 Å². The maximum absolute atomic E-state index is 5.77. The van der Waals surface area contributed by atoms with Gasteiger partial charge in [0.2, 0.25) is 0 Å². The molecule has 2 aliphatic rings. The third-order valence-corrected chi connectivity index (χ3v) is 3.32. The normalized spacial score (nSPS) is 37.9. The summed E-state index contributed by atoms with van der Waals surface area (Å²) >= 11 is 0. The molecule has 2 rings (SSSR count). The van der Waals surface area contributed by atoms with E-state index in [9.17, 15) is 0 Å². The molecule has 0 aromatic rings. The Morgan fingerprint density at radius 1 is 1.29 bits per heavy atom. The first kappa shape index (κ1) is 10.4. The lowest BCUT2D eigenvalue weighted by atomic mass is 9.82. The maximum atomic E-state index is 5.77. The largest absolute Gasteiger partial charge is 0.376 e. The molecule has 14 heavy (non-hydrogen) atoms. The van der Waals surface area contributed by atoms with Crippen LogP contribution in [0.1, 0.15) is 32.1 Å². The number of hydrogen-bond donors (Lipinski definition) is 1. The molecule has 1 saturated heterocycles. The molecular formula is C11H21NO2. The molecule has 1 saturated carbocycles. The minimum absolute atomic E-state index is 0.362. The van der Waals surface area contributed by atoms with E-state index in [1.54, 1.807) is 0 Å². The van der Waals surface area contributed by atoms with E-state index in [-0.39, 0.29) is 0 Å². The van der Waals surface area contributed by atoms with E-state index in [0.717, 1.165) is 32.6 Å². The van der Waals surface area contributed by atoms with Crippen LogP contribution in [0, 0.1) is 5.92 Å². The summed E-state index contributed by atoms with van der Waals surface area (Å²) in [5.74, 6) is 0.715. The van der Waals surface area contributed by atoms with Crippen molar-refractivity contribution in [2.45, 2.75) is 44.3 Å². The van der Waals surface area contributed by atoms with Crippen molar-refractivity contribution < 1.29 is 9.47 Å². The second kappa shape index (κ2) is 5.10. The maximum Gasteiger partial charge on any atom is 0.0808 e. The summed E-state index contributed by atoms with van der Waals surface area (Å²) in [7, 11) is 0. The average Bonchev–Trinajstić information content (AvgIpc) is 2.17. The molecule has 1 unspecified atom stereocenters. The Kier molecular flexibility index (Phi) is 3.79. The average molecular weight is 199 g/mol. The SMILES string of the molecule is NCC1CC(OCC2CCCCO2)C1. The van der Waals surface area contributed by atoms with Crippen molar-refractivity contribution in [2.75, 3.05) is 19.8 Å². The highest BCUT2D eigenvalue weighted by Crippen LogP contribution is 2.29. The fraction of sp³-hybridized carbons (Fsp3) is 1.00. The van der Waals surface area contributed by atoms with Gasteiger partial charge in [-0.3, -0.25) is 0 Å². The van der Waals surface area contributed by atoms with Crippen LogP contribution in [0.4, 0.5) is 0 Å². The molecule has 0 aromatic heterocycles. The van der Waals surface area contributed by atoms with Gasteiger partial charge in [-0.05, 0) is 44.6 Å². The van der Waals surface area contributed by atoms with Gasteiger partial charge in [-0.15, -0.1) is 0 Å². The van der Waals surface area contributed by atoms with E-state index in [4.69, 9.17) is 15.2 Å². The Morgan fingerprint density at radius 3 is 2.79 bits per heavy atom. The molecule has 2 N–H and O–H groups in total. The lowest BCUT2D eigenvalue weighted by Gasteiger charge is -2.35. The van der Waals surface area contributed by atoms with Gasteiger partial charge in [0.05, 0.1) is 18.8 Å². The quantitative estimate of drug-likeness (QED) is 0.742. The Balaban J connectivity index is 1.54. The Hall–Kier alpha value is -0.120. The van der Waals surface area contributed by atoms with Crippen molar-refractivity contribution in [3.05, 3.63) is 0 Å². The molecule has 0 radical (unpaired) electrons. The molecule has 1 atom stereocenters. The minimum atomic E-state index is 0.362. The molecule has 0 bridgehead atoms. The summed E-state index contributed by atoms with van der Waals surface area (Å²) in [6.45, 7) is 2.53. The number of ether oxygens (including phenoxy) is 2. The zero-order valence-corrected chi connectivity index (χ0v) is 8.78. The third-order valence-electron chi connectivity index (χ3n) is 3.32. The van der Waals surface area contributed by atoms with Crippen molar-refractivity contribution in [1.29, 1.82) is 0 Å². The van der Waals surface area contributed by atoms with Crippen LogP contribution in [0.2, 0.25) is 0 Å². The molecule has 82 valence electrons. The molecule has 1 aliphatic heterocycles. The molecule has 0 aromatic carbocycles. The molecule has 1 aliphatic carbocycles. The Morgan fingerprint density at radius 2 is 2.14 bits per heavy atom. The van der Waals surface area contributed by atoms with Crippen LogP contribution in [0.5, 0.6) is 0 Å². The standard InChI is InChI=1S/C11H21NO2/c12-7-9-5-11(6-9)14-8-10-3-1-2-4-13-10/h9-11H,1-8,12H2. The third kappa shape index (κ3) is 2.69. The van der Waals surface area contributed by atoms with Gasteiger partial charge in [0.25, 0.3) is 0 Å². The van der Waals surface area contributed by atoms with Crippen molar-refractivity contribution in [3.63, 3.8) is 0 Å². The number of nitrogens with two attached hydrogens (primary N) is 1. The van der Waals surface area contributed by atoms with Crippen LogP contribution in [-0.2, 0) is 9.47 Å². The van der Waals surface area contributed by atoms with E-state index in [1.165, 1.54) is 19.3 Å². The summed E-state index contributed by atoms with van der Waals surface area (Å²) in [6.07, 6.45) is 6.83. The highest BCUT2D eigenvalue weighted by molar-refractivity contribution is 4.81. The summed E-state index contributed by atoms with van der Waals surface area (Å²) in [4.78, 5) is 0. The summed E-state index contributed by atoms with van der Waals surface area (Å²) in [5.41, 5.74) is 5.55. The summed E-state index contributed by atoms with van der Waals surface area (Å²) < 4.78 is 11.4. The topological polar surface area (TPSA) is 44.5 Å². The monoisotopic (exact) mass is 199 g/mol. The fourth-order valence-electron chi connectivity index (χ4n) is 2.19. The number of hydrogen-bond acceptors (Lipinski definition) is 3. The molecule has 3 nitrogen and oxygen atoms in total. The van der Waals surface area contributed by atoms with Crippen molar-refractivity contribution >= 4 is 0 Å². The minimum Gasteiger partial charge on any atom is -0.376 e. The van der Waals surface area contributed by atoms with E-state index < -0.39 is 0 Å². The molecule has 0 spiro atoms. The first-order valence-corrected chi connectivity index (χ1v) is 5.81. The van der Waals surface area contributed by atoms with Gasteiger partial charge in [0, 0.05) is 6.61 Å². The van der Waals surface area contributed by atoms with Crippen molar-refractivity contribution in [1.82, 2.24) is 0 Å². The predicted octanol–water partition coefficient (Wildman–Crippen LogP) is 1.31. The molecule has 3 heteroatoms. The second-order valence-corrected chi connectivity index (χ2v) is 4.52. The molecule has 2 fully saturated rings. The highest BCUT2D eigenvalue weighted by atomic mass is 16.5. The van der Waals surface area contributed by atoms with Crippen LogP contribution in [-0.4, -0.2) is 32.0 Å². The van der Waals surface area contributed by atoms with Crippen LogP contribution >= 0.6 is 0 Å². The smallest absolute Gasteiger partial charge is 0.0808 e. The van der Waals surface area contributed by atoms with Gasteiger partial charge in [0.1, 0.15) is 0 Å². The van der Waals surface area contributed by atoms with Gasteiger partial charge in [0.15, 0.2) is 0 Å². The van der Waals surface area contributed by atoms with Gasteiger partial charge >= 0.3 is 0 Å². The summed E-state index contributed by atoms with van der Waals surface area (Å²) in [5, 5.41) is 0. The van der Waals surface area contributed by atoms with E-state index in [1.807, 2.05) is 0 Å². The first-order chi connectivity index (χ1) is 6.88. The zero-order chi connectivity index (χ0) is 9.80. The molecule has 1 heterocycles. The van der Waals surface area contributed by atoms with Gasteiger partial charge < -0.3 is 15.2 Å². The van der Waals surface area contributed by atoms with E-state index in [0.29, 0.717) is 18.1 Å². The molecule has 0 amide bonds. The highest BCUT2D eigenvalue weighted by Gasteiger charge is 2.29. The van der Waals surface area contributed by atoms with Crippen molar-refractivity contribution in [2.24, 2.45) is 11.7 Å². The van der Waals surface area contributed by atoms with Gasteiger partial charge in [-0.2, -0.15) is 0 Å². The van der Waals surface area contributed by atoms with Gasteiger partial charge in [-0.1, -0.05) is 0 Å². The predicted molar refractivity (Wildman–Crippen MR) is 55.1 cm³/mol. The fourth-order valence-corrected chi connectivity index (χ4v) is 2.19. The lowest BCUT2D eigenvalue weighted by molar-refractivity contribution is -0.0927. The Bertz CT molecular complexity index is 163. The lowest BCUT2D eigenvalue weighted by Crippen LogP contribution is -2.38. The second-order valence-electron chi connectivity index (χ2n) is 4.52. The van der Waals surface area contributed by atoms with Crippen LogP contribution in [0.15, 0.2) is 0 Å². The number of rotatable bonds is 4. The first-order valence-electron chi connectivity index (χ1n) is 5.81. The van der Waals surface area contributed by atoms with Crippen LogP contribution in [0.25, 0.3) is 0 Å². The zero-order valence-electron chi connectivity index (χ0n) is 8.78. The molecular weight excluding hydrogens is 178 g/mol. The van der Waals surface area contributed by atoms with E-state index in [2.05, 4.69) is 0 Å². The van der Waals surface area contributed by atoms with E-state index >= 15 is 0 Å². The summed E-state index contributed by atoms with van der Waals surface area (Å²) in [6, 6.07) is 0. The van der Waals surface area contributed by atoms with Crippen LogP contribution < -0.4 is 5.73 Å². The van der Waals surface area contributed by atoms with Crippen LogP contribution in [0.3, 0.4) is 0 Å².